The number of nitrogens with zero attached hydrogens (tertiary/aromatic N) is 2. The molecule has 1 heterocycles. The van der Waals surface area contributed by atoms with Gasteiger partial charge in [-0.15, -0.1) is 0 Å². The van der Waals surface area contributed by atoms with E-state index in [4.69, 9.17) is 0 Å². The summed E-state index contributed by atoms with van der Waals surface area (Å²) in [5, 5.41) is 7.55. The molecule has 0 spiro atoms. The van der Waals surface area contributed by atoms with Gasteiger partial charge in [0.2, 0.25) is 0 Å². The van der Waals surface area contributed by atoms with Crippen LogP contribution in [0.25, 0.3) is 0 Å². The summed E-state index contributed by atoms with van der Waals surface area (Å²) in [6.45, 7) is 4.24. The van der Waals surface area contributed by atoms with Crippen LogP contribution in [0.3, 0.4) is 0 Å². The number of rotatable bonds is 8. The predicted octanol–water partition coefficient (Wildman–Crippen LogP) is 2.35. The van der Waals surface area contributed by atoms with Crippen LogP contribution < -0.4 is 5.32 Å². The molecule has 7 heteroatoms. The molecule has 0 aromatic carbocycles. The van der Waals surface area contributed by atoms with Gasteiger partial charge in [0.15, 0.2) is 0 Å². The number of nitrogens with one attached hydrogen (secondary N) is 1. The first-order chi connectivity index (χ1) is 8.87. The van der Waals surface area contributed by atoms with Crippen molar-refractivity contribution < 1.29 is 17.9 Å². The monoisotopic (exact) mass is 279 g/mol. The van der Waals surface area contributed by atoms with Crippen LogP contribution in [0, 0.1) is 0 Å². The van der Waals surface area contributed by atoms with Crippen LogP contribution in [-0.4, -0.2) is 35.2 Å². The van der Waals surface area contributed by atoms with Crippen LogP contribution in [0.2, 0.25) is 0 Å². The first-order valence-corrected chi connectivity index (χ1v) is 6.27. The molecule has 0 aliphatic heterocycles. The van der Waals surface area contributed by atoms with Crippen LogP contribution in [0.15, 0.2) is 12.3 Å². The zero-order valence-electron chi connectivity index (χ0n) is 11.2. The largest absolute Gasteiger partial charge is 0.411 e. The van der Waals surface area contributed by atoms with Gasteiger partial charge >= 0.3 is 6.18 Å². The molecule has 0 aliphatic rings. The highest BCUT2D eigenvalue weighted by Gasteiger charge is 2.27. The van der Waals surface area contributed by atoms with Crippen LogP contribution >= 0.6 is 0 Å². The second-order valence-corrected chi connectivity index (χ2v) is 4.63. The lowest BCUT2D eigenvalue weighted by Gasteiger charge is -2.07. The van der Waals surface area contributed by atoms with E-state index in [2.05, 4.69) is 29.0 Å². The number of alkyl halides is 3. The van der Waals surface area contributed by atoms with Gasteiger partial charge in [0.05, 0.1) is 5.69 Å². The van der Waals surface area contributed by atoms with Crippen molar-refractivity contribution >= 4 is 0 Å². The minimum Gasteiger partial charge on any atom is -0.372 e. The van der Waals surface area contributed by atoms with Gasteiger partial charge in [0, 0.05) is 31.9 Å². The van der Waals surface area contributed by atoms with Crippen LogP contribution in [0.1, 0.15) is 26.0 Å². The van der Waals surface area contributed by atoms with Gasteiger partial charge in [-0.3, -0.25) is 4.68 Å². The molecule has 0 amide bonds. The zero-order valence-corrected chi connectivity index (χ0v) is 11.2. The Bertz CT molecular complexity index is 363. The number of aromatic nitrogens is 2. The quantitative estimate of drug-likeness (QED) is 0.742. The average Bonchev–Trinajstić information content (AvgIpc) is 2.72. The molecule has 0 atom stereocenters. The highest BCUT2D eigenvalue weighted by molar-refractivity contribution is 4.98. The van der Waals surface area contributed by atoms with Crippen LogP contribution in [0.5, 0.6) is 0 Å². The molecule has 0 bridgehead atoms. The van der Waals surface area contributed by atoms with E-state index in [1.165, 1.54) is 0 Å². The Balaban J connectivity index is 2.16. The maximum Gasteiger partial charge on any atom is 0.411 e. The topological polar surface area (TPSA) is 39.1 Å². The smallest absolute Gasteiger partial charge is 0.372 e. The molecule has 0 unspecified atom stereocenters. The summed E-state index contributed by atoms with van der Waals surface area (Å²) in [6.07, 6.45) is -1.92. The minimum atomic E-state index is -4.25. The molecule has 0 radical (unpaired) electrons. The first kappa shape index (κ1) is 16.0. The van der Waals surface area contributed by atoms with Gasteiger partial charge in [-0.1, -0.05) is 13.8 Å². The van der Waals surface area contributed by atoms with Crippen LogP contribution in [-0.2, 0) is 17.8 Å². The van der Waals surface area contributed by atoms with Crippen LogP contribution in [0.4, 0.5) is 13.2 Å². The van der Waals surface area contributed by atoms with E-state index in [1.54, 1.807) is 4.68 Å². The molecule has 4 nitrogen and oxygen atoms in total. The highest BCUT2D eigenvalue weighted by atomic mass is 19.4. The minimum absolute atomic E-state index is 0.0823. The second-order valence-electron chi connectivity index (χ2n) is 4.63. The number of hydrogen-bond donors (Lipinski definition) is 1. The molecule has 0 saturated heterocycles. The summed E-state index contributed by atoms with van der Waals surface area (Å²) in [7, 11) is 0. The third-order valence-electron chi connectivity index (χ3n) is 2.33. The Morgan fingerprint density at radius 2 is 2.16 bits per heavy atom. The summed E-state index contributed by atoms with van der Waals surface area (Å²) >= 11 is 0. The van der Waals surface area contributed by atoms with E-state index in [0.29, 0.717) is 25.6 Å². The predicted molar refractivity (Wildman–Crippen MR) is 65.7 cm³/mol. The Morgan fingerprint density at radius 3 is 2.79 bits per heavy atom. The summed E-state index contributed by atoms with van der Waals surface area (Å²) in [6, 6.07) is 2.28. The lowest BCUT2D eigenvalue weighted by Crippen LogP contribution is -2.22. The Morgan fingerprint density at radius 1 is 1.42 bits per heavy atom. The lowest BCUT2D eigenvalue weighted by atomic mass is 10.3. The van der Waals surface area contributed by atoms with E-state index in [0.717, 1.165) is 5.69 Å². The number of aryl methyl sites for hydroxylation is 1. The van der Waals surface area contributed by atoms with Gasteiger partial charge < -0.3 is 10.1 Å². The van der Waals surface area contributed by atoms with Crippen molar-refractivity contribution in [2.24, 2.45) is 0 Å². The van der Waals surface area contributed by atoms with Gasteiger partial charge in [0.1, 0.15) is 6.61 Å². The molecule has 19 heavy (non-hydrogen) atoms. The van der Waals surface area contributed by atoms with E-state index in [9.17, 15) is 13.2 Å². The maximum absolute atomic E-state index is 11.8. The molecule has 0 saturated carbocycles. The molecule has 1 aromatic rings. The number of hydrogen-bond acceptors (Lipinski definition) is 3. The van der Waals surface area contributed by atoms with Crippen molar-refractivity contribution in [1.82, 2.24) is 15.1 Å². The van der Waals surface area contributed by atoms with E-state index >= 15 is 0 Å². The van der Waals surface area contributed by atoms with Crippen molar-refractivity contribution in [1.29, 1.82) is 0 Å². The summed E-state index contributed by atoms with van der Waals surface area (Å²) in [4.78, 5) is 0. The van der Waals surface area contributed by atoms with Gasteiger partial charge in [-0.05, 0) is 12.5 Å². The number of ether oxygens (including phenoxy) is 1. The molecule has 110 valence electrons. The fraction of sp³-hybridized carbons (Fsp3) is 0.750. The van der Waals surface area contributed by atoms with Gasteiger partial charge in [-0.25, -0.2) is 0 Å². The van der Waals surface area contributed by atoms with Crippen molar-refractivity contribution in [2.45, 2.75) is 45.6 Å². The SMILES string of the molecule is CC(C)NCc1ccn(CCCOCC(F)(F)F)n1. The third kappa shape index (κ3) is 7.84. The standard InChI is InChI=1S/C12H20F3N3O/c1-10(2)16-8-11-4-6-18(17-11)5-3-7-19-9-12(13,14)15/h4,6,10,16H,3,5,7-9H2,1-2H3. The highest BCUT2D eigenvalue weighted by Crippen LogP contribution is 2.14. The molecule has 1 rings (SSSR count). The van der Waals surface area contributed by atoms with Crippen molar-refractivity contribution in [3.05, 3.63) is 18.0 Å². The summed E-state index contributed by atoms with van der Waals surface area (Å²) in [5.41, 5.74) is 0.921. The Kier molecular flexibility index (Phi) is 6.30. The lowest BCUT2D eigenvalue weighted by molar-refractivity contribution is -0.174. The van der Waals surface area contributed by atoms with Crippen molar-refractivity contribution in [2.75, 3.05) is 13.2 Å². The van der Waals surface area contributed by atoms with Gasteiger partial charge in [0.25, 0.3) is 0 Å². The second kappa shape index (κ2) is 7.49. The molecular formula is C12H20F3N3O. The van der Waals surface area contributed by atoms with Crippen molar-refractivity contribution in [3.63, 3.8) is 0 Å². The fourth-order valence-electron chi connectivity index (χ4n) is 1.45. The average molecular weight is 279 g/mol. The summed E-state index contributed by atoms with van der Waals surface area (Å²) < 4.78 is 41.7. The fourth-order valence-corrected chi connectivity index (χ4v) is 1.45. The normalized spacial score (nSPS) is 12.3. The third-order valence-corrected chi connectivity index (χ3v) is 2.33. The van der Waals surface area contributed by atoms with Crippen molar-refractivity contribution in [3.8, 4) is 0 Å². The van der Waals surface area contributed by atoms with E-state index in [1.807, 2.05) is 12.3 Å². The van der Waals surface area contributed by atoms with E-state index in [-0.39, 0.29) is 6.61 Å². The Labute approximate surface area is 110 Å². The molecular weight excluding hydrogens is 259 g/mol. The molecule has 0 fully saturated rings. The zero-order chi connectivity index (χ0) is 14.3. The Hall–Kier alpha value is -1.08. The molecule has 1 N–H and O–H groups in total. The first-order valence-electron chi connectivity index (χ1n) is 6.27. The maximum atomic E-state index is 11.8. The number of halogens is 3. The molecule has 1 aromatic heterocycles. The molecule has 0 aliphatic carbocycles. The summed E-state index contributed by atoms with van der Waals surface area (Å²) in [5.74, 6) is 0. The van der Waals surface area contributed by atoms with Gasteiger partial charge in [-0.2, -0.15) is 18.3 Å². The van der Waals surface area contributed by atoms with E-state index < -0.39 is 12.8 Å².